The van der Waals surface area contributed by atoms with Gasteiger partial charge in [0.2, 0.25) is 0 Å². The fourth-order valence-electron chi connectivity index (χ4n) is 3.72. The van der Waals surface area contributed by atoms with Crippen LogP contribution in [0.2, 0.25) is 0 Å². The summed E-state index contributed by atoms with van der Waals surface area (Å²) in [5, 5.41) is 0.514. The molecule has 178 valence electrons. The molecule has 2 aromatic carbocycles. The number of aromatic nitrogens is 4. The first-order valence-electron chi connectivity index (χ1n) is 11.8. The first kappa shape index (κ1) is 24.3. The number of hydrogen-bond donors (Lipinski definition) is 0. The zero-order valence-electron chi connectivity index (χ0n) is 19.8. The molecule has 0 unspecified atom stereocenters. The summed E-state index contributed by atoms with van der Waals surface area (Å²) in [4.78, 5) is 13.7. The van der Waals surface area contributed by atoms with Gasteiger partial charge in [-0.05, 0) is 24.5 Å². The van der Waals surface area contributed by atoms with E-state index in [1.165, 1.54) is 6.33 Å². The number of unbranched alkanes of at least 4 members (excludes halogenated alkanes) is 2. The number of nitrogens with zero attached hydrogens (tertiary/aromatic N) is 4. The van der Waals surface area contributed by atoms with Gasteiger partial charge >= 0.3 is 7.60 Å². The maximum atomic E-state index is 14.0. The van der Waals surface area contributed by atoms with E-state index in [1.54, 1.807) is 6.33 Å². The van der Waals surface area contributed by atoms with Gasteiger partial charge in [0.15, 0.2) is 5.65 Å². The van der Waals surface area contributed by atoms with Crippen LogP contribution >= 0.6 is 7.60 Å². The highest BCUT2D eigenvalue weighted by atomic mass is 31.2. The fraction of sp³-hybridized carbons (Fsp3) is 0.346. The lowest BCUT2D eigenvalue weighted by Crippen LogP contribution is -2.15. The van der Waals surface area contributed by atoms with E-state index in [2.05, 4.69) is 40.9 Å². The van der Waals surface area contributed by atoms with Crippen molar-refractivity contribution in [3.8, 4) is 11.3 Å². The van der Waals surface area contributed by atoms with Gasteiger partial charge in [0, 0.05) is 5.56 Å². The lowest BCUT2D eigenvalue weighted by atomic mass is 10.1. The van der Waals surface area contributed by atoms with Crippen molar-refractivity contribution in [3.63, 3.8) is 0 Å². The summed E-state index contributed by atoms with van der Waals surface area (Å²) in [5.74, 6) is 0. The quantitative estimate of drug-likeness (QED) is 0.184. The Morgan fingerprint density at radius 1 is 0.853 bits per heavy atom. The largest absolute Gasteiger partial charge is 0.362 e. The minimum Gasteiger partial charge on any atom is -0.311 e. The lowest BCUT2D eigenvalue weighted by molar-refractivity contribution is 0.208. The third-order valence-corrected chi connectivity index (χ3v) is 7.59. The molecule has 0 aliphatic heterocycles. The third-order valence-electron chi connectivity index (χ3n) is 5.57. The highest BCUT2D eigenvalue weighted by Crippen LogP contribution is 2.49. The summed E-state index contributed by atoms with van der Waals surface area (Å²) >= 11 is 0. The van der Waals surface area contributed by atoms with Crippen molar-refractivity contribution in [1.29, 1.82) is 0 Å². The molecule has 34 heavy (non-hydrogen) atoms. The monoisotopic (exact) mass is 478 g/mol. The summed E-state index contributed by atoms with van der Waals surface area (Å²) in [6, 6.07) is 17.6. The van der Waals surface area contributed by atoms with E-state index in [1.807, 2.05) is 47.0 Å². The first-order chi connectivity index (χ1) is 16.7. The highest BCUT2D eigenvalue weighted by molar-refractivity contribution is 7.62. The predicted octanol–water partition coefficient (Wildman–Crippen LogP) is 5.99. The molecule has 2 aromatic heterocycles. The maximum absolute atomic E-state index is 14.0. The van der Waals surface area contributed by atoms with Crippen LogP contribution in [0.5, 0.6) is 0 Å². The Hall–Kier alpha value is -2.86. The number of rotatable bonds is 12. The maximum Gasteiger partial charge on any atom is 0.362 e. The fourth-order valence-corrected chi connectivity index (χ4v) is 5.56. The molecule has 0 radical (unpaired) electrons. The topological polar surface area (TPSA) is 79.1 Å². The van der Waals surface area contributed by atoms with Crippen molar-refractivity contribution in [2.75, 3.05) is 13.2 Å². The minimum absolute atomic E-state index is 0.374. The van der Waals surface area contributed by atoms with Crippen LogP contribution in [0.4, 0.5) is 0 Å². The van der Waals surface area contributed by atoms with Gasteiger partial charge in [-0.1, -0.05) is 75.2 Å². The van der Waals surface area contributed by atoms with E-state index >= 15 is 0 Å². The summed E-state index contributed by atoms with van der Waals surface area (Å²) in [5.41, 5.74) is 3.83. The Bertz CT molecular complexity index is 1250. The third kappa shape index (κ3) is 5.44. The molecular weight excluding hydrogens is 447 g/mol. The molecule has 0 fully saturated rings. The van der Waals surface area contributed by atoms with E-state index in [4.69, 9.17) is 9.05 Å². The first-order valence-corrected chi connectivity index (χ1v) is 13.4. The molecule has 2 heterocycles. The normalized spacial score (nSPS) is 11.8. The van der Waals surface area contributed by atoms with Gasteiger partial charge in [0.25, 0.3) is 0 Å². The van der Waals surface area contributed by atoms with Crippen LogP contribution in [0.3, 0.4) is 0 Å². The second-order valence-electron chi connectivity index (χ2n) is 8.14. The second kappa shape index (κ2) is 11.5. The molecule has 0 N–H and O–H groups in total. The van der Waals surface area contributed by atoms with Crippen molar-refractivity contribution < 1.29 is 13.6 Å². The zero-order valence-corrected chi connectivity index (χ0v) is 20.7. The molecular formula is C26H31N4O3P. The van der Waals surface area contributed by atoms with Gasteiger partial charge in [-0.25, -0.2) is 15.0 Å². The lowest BCUT2D eigenvalue weighted by Gasteiger charge is -2.21. The van der Waals surface area contributed by atoms with E-state index < -0.39 is 7.60 Å². The van der Waals surface area contributed by atoms with Crippen molar-refractivity contribution in [3.05, 3.63) is 72.8 Å². The van der Waals surface area contributed by atoms with E-state index in [0.29, 0.717) is 41.8 Å². The summed E-state index contributed by atoms with van der Waals surface area (Å²) in [7, 11) is -3.56. The number of hydrogen-bond acceptors (Lipinski definition) is 6. The second-order valence-corrected chi connectivity index (χ2v) is 10.1. The Kier molecular flexibility index (Phi) is 8.22. The molecule has 0 saturated carbocycles. The van der Waals surface area contributed by atoms with Crippen molar-refractivity contribution in [1.82, 2.24) is 19.5 Å². The van der Waals surface area contributed by atoms with Gasteiger partial charge in [0.1, 0.15) is 17.5 Å². The van der Waals surface area contributed by atoms with Crippen LogP contribution in [0.15, 0.2) is 67.3 Å². The molecule has 0 spiro atoms. The average molecular weight is 479 g/mol. The Morgan fingerprint density at radius 2 is 1.53 bits per heavy atom. The van der Waals surface area contributed by atoms with Crippen molar-refractivity contribution in [2.24, 2.45) is 0 Å². The summed E-state index contributed by atoms with van der Waals surface area (Å²) in [6.45, 7) is 5.54. The van der Waals surface area contributed by atoms with Gasteiger partial charge in [0.05, 0.1) is 31.4 Å². The van der Waals surface area contributed by atoms with Crippen LogP contribution in [-0.4, -0.2) is 32.7 Å². The Morgan fingerprint density at radius 3 is 2.24 bits per heavy atom. The molecule has 0 atom stereocenters. The van der Waals surface area contributed by atoms with Gasteiger partial charge in [-0.2, -0.15) is 0 Å². The van der Waals surface area contributed by atoms with Gasteiger partial charge in [-0.3, -0.25) is 4.57 Å². The van der Waals surface area contributed by atoms with Crippen molar-refractivity contribution >= 4 is 24.1 Å². The number of fused-ring (bicyclic) bond motifs is 1. The average Bonchev–Trinajstić information content (AvgIpc) is 3.28. The Labute approximate surface area is 200 Å². The molecule has 0 amide bonds. The summed E-state index contributed by atoms with van der Waals surface area (Å²) in [6.07, 6.45) is 6.81. The van der Waals surface area contributed by atoms with Crippen LogP contribution in [0.1, 0.15) is 45.1 Å². The Balaban J connectivity index is 1.75. The van der Waals surface area contributed by atoms with Gasteiger partial charge < -0.3 is 13.6 Å². The predicted molar refractivity (Wildman–Crippen MR) is 135 cm³/mol. The molecule has 0 aliphatic rings. The molecule has 4 rings (SSSR count). The van der Waals surface area contributed by atoms with Crippen LogP contribution < -0.4 is 5.30 Å². The van der Waals surface area contributed by atoms with Crippen molar-refractivity contribution in [2.45, 2.75) is 46.1 Å². The zero-order chi connectivity index (χ0) is 23.8. The molecule has 4 aromatic rings. The SMILES string of the molecule is CCCCOP(=O)(OCCCC)c1ccccc1-c1ncnc2c1ncn2Cc1ccccc1. The molecule has 0 aliphatic carbocycles. The van der Waals surface area contributed by atoms with E-state index in [9.17, 15) is 4.57 Å². The summed E-state index contributed by atoms with van der Waals surface area (Å²) < 4.78 is 27.9. The molecule has 7 nitrogen and oxygen atoms in total. The van der Waals surface area contributed by atoms with E-state index in [0.717, 1.165) is 36.9 Å². The van der Waals surface area contributed by atoms with Crippen LogP contribution in [-0.2, 0) is 20.2 Å². The van der Waals surface area contributed by atoms with Gasteiger partial charge in [-0.15, -0.1) is 0 Å². The highest BCUT2D eigenvalue weighted by Gasteiger charge is 2.31. The number of benzene rings is 2. The van der Waals surface area contributed by atoms with Crippen LogP contribution in [0.25, 0.3) is 22.4 Å². The number of imidazole rings is 1. The standard InChI is InChI=1S/C26H31N4O3P/c1-3-5-16-32-34(31,33-17-6-4-2)23-15-11-10-14-22(23)24-25-26(28-19-27-24)30(20-29-25)18-21-12-8-7-9-13-21/h7-15,19-20H,3-6,16-18H2,1-2H3. The molecule has 0 saturated heterocycles. The molecule has 8 heteroatoms. The van der Waals surface area contributed by atoms with E-state index in [-0.39, 0.29) is 0 Å². The molecule has 0 bridgehead atoms. The minimum atomic E-state index is -3.56. The smallest absolute Gasteiger partial charge is 0.311 e. The van der Waals surface area contributed by atoms with Crippen LogP contribution in [0, 0.1) is 0 Å².